The van der Waals surface area contributed by atoms with Gasteiger partial charge in [-0.2, -0.15) is 0 Å². The van der Waals surface area contributed by atoms with E-state index in [1.807, 2.05) is 29.2 Å². The van der Waals surface area contributed by atoms with Gasteiger partial charge in [-0.3, -0.25) is 4.79 Å². The third-order valence-electron chi connectivity index (χ3n) is 7.41. The van der Waals surface area contributed by atoms with E-state index in [9.17, 15) is 9.90 Å². The SMILES string of the molecule is COc1cc(O)c(C(CC(=O)N2CCC(Cc3ccccc3)CC2)c2ccc3c(c2)OCO3)c(OC)c1. The van der Waals surface area contributed by atoms with Gasteiger partial charge in [0.1, 0.15) is 17.2 Å². The van der Waals surface area contributed by atoms with Crippen LogP contribution in [0.15, 0.2) is 60.7 Å². The highest BCUT2D eigenvalue weighted by molar-refractivity contribution is 5.78. The molecule has 0 saturated carbocycles. The van der Waals surface area contributed by atoms with Crippen LogP contribution < -0.4 is 18.9 Å². The molecular weight excluding hydrogens is 470 g/mol. The van der Waals surface area contributed by atoms with Crippen LogP contribution in [-0.2, 0) is 11.2 Å². The Bertz CT molecular complexity index is 1240. The van der Waals surface area contributed by atoms with E-state index in [0.29, 0.717) is 34.5 Å². The first-order valence-corrected chi connectivity index (χ1v) is 12.7. The smallest absolute Gasteiger partial charge is 0.231 e. The molecule has 7 nitrogen and oxygen atoms in total. The molecule has 0 aliphatic carbocycles. The lowest BCUT2D eigenvalue weighted by Crippen LogP contribution is -2.39. The molecule has 2 aliphatic rings. The zero-order valence-electron chi connectivity index (χ0n) is 21.3. The van der Waals surface area contributed by atoms with E-state index in [1.54, 1.807) is 19.2 Å². The van der Waals surface area contributed by atoms with Crippen LogP contribution in [0.3, 0.4) is 0 Å². The third-order valence-corrected chi connectivity index (χ3v) is 7.41. The minimum atomic E-state index is -0.440. The normalized spacial score (nSPS) is 15.9. The predicted octanol–water partition coefficient (Wildman–Crippen LogP) is 5.14. The van der Waals surface area contributed by atoms with Crippen molar-refractivity contribution < 1.29 is 28.8 Å². The summed E-state index contributed by atoms with van der Waals surface area (Å²) in [7, 11) is 3.09. The second-order valence-corrected chi connectivity index (χ2v) is 9.65. The summed E-state index contributed by atoms with van der Waals surface area (Å²) < 4.78 is 22.0. The van der Waals surface area contributed by atoms with Crippen LogP contribution in [0.1, 0.15) is 41.9 Å². The minimum absolute atomic E-state index is 0.0215. The first-order valence-electron chi connectivity index (χ1n) is 12.7. The van der Waals surface area contributed by atoms with Crippen molar-refractivity contribution in [1.82, 2.24) is 4.90 Å². The number of fused-ring (bicyclic) bond motifs is 1. The van der Waals surface area contributed by atoms with E-state index >= 15 is 0 Å². The number of methoxy groups -OCH3 is 2. The number of piperidine rings is 1. The van der Waals surface area contributed by atoms with Crippen molar-refractivity contribution in [3.05, 3.63) is 77.4 Å². The standard InChI is InChI=1S/C30H33NO6/c1-34-23-16-25(32)30(28(17-23)35-2)24(22-8-9-26-27(15-22)37-19-36-26)18-29(33)31-12-10-21(11-13-31)14-20-6-4-3-5-7-20/h3-9,15-17,21,24,32H,10-14,18-19H2,1-2H3. The van der Waals surface area contributed by atoms with Crippen molar-refractivity contribution in [2.45, 2.75) is 31.6 Å². The van der Waals surface area contributed by atoms with Crippen LogP contribution in [0.2, 0.25) is 0 Å². The Morgan fingerprint density at radius 2 is 1.76 bits per heavy atom. The summed E-state index contributed by atoms with van der Waals surface area (Å²) >= 11 is 0. The molecule has 37 heavy (non-hydrogen) atoms. The Balaban J connectivity index is 1.37. The molecule has 3 aromatic rings. The van der Waals surface area contributed by atoms with Gasteiger partial charge in [-0.1, -0.05) is 36.4 Å². The lowest BCUT2D eigenvalue weighted by molar-refractivity contribution is -0.132. The minimum Gasteiger partial charge on any atom is -0.507 e. The molecule has 2 aliphatic heterocycles. The lowest BCUT2D eigenvalue weighted by Gasteiger charge is -2.33. The number of carbonyl (C=O) groups excluding carboxylic acids is 1. The van der Waals surface area contributed by atoms with E-state index in [1.165, 1.54) is 12.7 Å². The van der Waals surface area contributed by atoms with Crippen molar-refractivity contribution in [2.24, 2.45) is 5.92 Å². The lowest BCUT2D eigenvalue weighted by atomic mass is 9.85. The Hall–Kier alpha value is -3.87. The summed E-state index contributed by atoms with van der Waals surface area (Å²) in [6.07, 6.45) is 3.19. The first-order chi connectivity index (χ1) is 18.1. The molecule has 0 radical (unpaired) electrons. The van der Waals surface area contributed by atoms with Gasteiger partial charge in [0, 0.05) is 43.1 Å². The number of hydrogen-bond donors (Lipinski definition) is 1. The molecule has 1 saturated heterocycles. The van der Waals surface area contributed by atoms with Gasteiger partial charge in [0.25, 0.3) is 0 Å². The molecule has 3 aromatic carbocycles. The number of ether oxygens (including phenoxy) is 4. The fraction of sp³-hybridized carbons (Fsp3) is 0.367. The van der Waals surface area contributed by atoms with Crippen LogP contribution in [0, 0.1) is 5.92 Å². The van der Waals surface area contributed by atoms with Crippen molar-refractivity contribution in [2.75, 3.05) is 34.1 Å². The Kier molecular flexibility index (Phi) is 7.40. The average molecular weight is 504 g/mol. The number of nitrogens with zero attached hydrogens (tertiary/aromatic N) is 1. The molecule has 7 heteroatoms. The molecular formula is C30H33NO6. The van der Waals surface area contributed by atoms with Gasteiger partial charge < -0.3 is 29.0 Å². The van der Waals surface area contributed by atoms with E-state index < -0.39 is 5.92 Å². The van der Waals surface area contributed by atoms with Gasteiger partial charge >= 0.3 is 0 Å². The number of rotatable bonds is 8. The fourth-order valence-corrected chi connectivity index (χ4v) is 5.38. The van der Waals surface area contributed by atoms with Crippen LogP contribution in [0.4, 0.5) is 0 Å². The Morgan fingerprint density at radius 1 is 1.00 bits per heavy atom. The Morgan fingerprint density at radius 3 is 2.49 bits per heavy atom. The molecule has 0 spiro atoms. The maximum atomic E-state index is 13.6. The maximum Gasteiger partial charge on any atom is 0.231 e. The second-order valence-electron chi connectivity index (χ2n) is 9.65. The summed E-state index contributed by atoms with van der Waals surface area (Å²) in [6.45, 7) is 1.63. The Labute approximate surface area is 217 Å². The molecule has 1 N–H and O–H groups in total. The molecule has 0 bridgehead atoms. The van der Waals surface area contributed by atoms with Gasteiger partial charge in [-0.05, 0) is 48.4 Å². The largest absolute Gasteiger partial charge is 0.507 e. The summed E-state index contributed by atoms with van der Waals surface area (Å²) in [5.74, 6) is 2.45. The van der Waals surface area contributed by atoms with Crippen LogP contribution in [0.5, 0.6) is 28.7 Å². The maximum absolute atomic E-state index is 13.6. The molecule has 0 aromatic heterocycles. The van der Waals surface area contributed by atoms with Gasteiger partial charge in [0.05, 0.1) is 14.2 Å². The predicted molar refractivity (Wildman–Crippen MR) is 140 cm³/mol. The molecule has 2 heterocycles. The average Bonchev–Trinajstić information content (AvgIpc) is 3.40. The number of carbonyl (C=O) groups is 1. The van der Waals surface area contributed by atoms with E-state index in [4.69, 9.17) is 18.9 Å². The molecule has 1 unspecified atom stereocenters. The van der Waals surface area contributed by atoms with Gasteiger partial charge in [-0.15, -0.1) is 0 Å². The topological polar surface area (TPSA) is 77.5 Å². The van der Waals surface area contributed by atoms with E-state index in [0.717, 1.165) is 37.9 Å². The van der Waals surface area contributed by atoms with E-state index in [-0.39, 0.29) is 24.9 Å². The summed E-state index contributed by atoms with van der Waals surface area (Å²) in [5, 5.41) is 11.0. The molecule has 1 fully saturated rings. The number of amides is 1. The quantitative estimate of drug-likeness (QED) is 0.459. The second kappa shape index (κ2) is 11.0. The van der Waals surface area contributed by atoms with Gasteiger partial charge in [0.2, 0.25) is 12.7 Å². The molecule has 1 amide bonds. The number of aromatic hydroxyl groups is 1. The van der Waals surface area contributed by atoms with Crippen molar-refractivity contribution >= 4 is 5.91 Å². The van der Waals surface area contributed by atoms with E-state index in [2.05, 4.69) is 24.3 Å². The zero-order chi connectivity index (χ0) is 25.8. The summed E-state index contributed by atoms with van der Waals surface area (Å²) in [4.78, 5) is 15.6. The zero-order valence-corrected chi connectivity index (χ0v) is 21.3. The first kappa shape index (κ1) is 24.8. The molecule has 5 rings (SSSR count). The van der Waals surface area contributed by atoms with Crippen LogP contribution >= 0.6 is 0 Å². The third kappa shape index (κ3) is 5.45. The fourth-order valence-electron chi connectivity index (χ4n) is 5.38. The summed E-state index contributed by atoms with van der Waals surface area (Å²) in [6, 6.07) is 19.5. The van der Waals surface area contributed by atoms with Crippen molar-refractivity contribution in [3.8, 4) is 28.7 Å². The highest BCUT2D eigenvalue weighted by Crippen LogP contribution is 2.45. The number of phenolic OH excluding ortho intramolecular Hbond substituents is 1. The van der Waals surface area contributed by atoms with Crippen LogP contribution in [-0.4, -0.2) is 50.0 Å². The number of benzene rings is 3. The van der Waals surface area contributed by atoms with Gasteiger partial charge in [0.15, 0.2) is 11.5 Å². The highest BCUT2D eigenvalue weighted by atomic mass is 16.7. The highest BCUT2D eigenvalue weighted by Gasteiger charge is 2.31. The van der Waals surface area contributed by atoms with Crippen molar-refractivity contribution in [3.63, 3.8) is 0 Å². The van der Waals surface area contributed by atoms with Gasteiger partial charge in [-0.25, -0.2) is 0 Å². The number of likely N-dealkylation sites (tertiary alicyclic amines) is 1. The molecule has 194 valence electrons. The van der Waals surface area contributed by atoms with Crippen LogP contribution in [0.25, 0.3) is 0 Å². The number of phenols is 1. The van der Waals surface area contributed by atoms with Crippen molar-refractivity contribution in [1.29, 1.82) is 0 Å². The summed E-state index contributed by atoms with van der Waals surface area (Å²) in [5.41, 5.74) is 2.74. The molecule has 1 atom stereocenters. The number of hydrogen-bond acceptors (Lipinski definition) is 6. The monoisotopic (exact) mass is 503 g/mol.